The van der Waals surface area contributed by atoms with E-state index in [0.717, 1.165) is 0 Å². The van der Waals surface area contributed by atoms with Crippen molar-refractivity contribution in [2.45, 2.75) is 12.2 Å². The summed E-state index contributed by atoms with van der Waals surface area (Å²) >= 11 is 0. The van der Waals surface area contributed by atoms with Crippen molar-refractivity contribution >= 4 is 5.78 Å². The van der Waals surface area contributed by atoms with E-state index in [4.69, 9.17) is 4.74 Å². The van der Waals surface area contributed by atoms with Crippen LogP contribution in [0.2, 0.25) is 0 Å². The second-order valence-electron chi connectivity index (χ2n) is 4.44. The Kier molecular flexibility index (Phi) is 2.72. The number of fused-ring (bicyclic) bond motifs is 1. The lowest BCUT2D eigenvalue weighted by Crippen LogP contribution is -2.35. The molecule has 0 saturated heterocycles. The van der Waals surface area contributed by atoms with E-state index in [1.54, 1.807) is 36.4 Å². The van der Waals surface area contributed by atoms with Gasteiger partial charge in [-0.05, 0) is 29.8 Å². The molecule has 2 unspecified atom stereocenters. The number of phenolic OH excluding ortho intramolecular Hbond substituents is 1. The van der Waals surface area contributed by atoms with Crippen LogP contribution in [0.25, 0.3) is 0 Å². The maximum Gasteiger partial charge on any atom is 0.211 e. The summed E-state index contributed by atoms with van der Waals surface area (Å²) in [6.45, 7) is 0. The van der Waals surface area contributed by atoms with Crippen molar-refractivity contribution < 1.29 is 19.7 Å². The third-order valence-electron chi connectivity index (χ3n) is 3.22. The van der Waals surface area contributed by atoms with Crippen molar-refractivity contribution in [3.05, 3.63) is 59.7 Å². The van der Waals surface area contributed by atoms with Gasteiger partial charge in [-0.25, -0.2) is 0 Å². The number of aliphatic hydroxyl groups is 1. The summed E-state index contributed by atoms with van der Waals surface area (Å²) in [4.78, 5) is 12.4. The molecule has 19 heavy (non-hydrogen) atoms. The van der Waals surface area contributed by atoms with Gasteiger partial charge in [-0.3, -0.25) is 4.79 Å². The zero-order valence-electron chi connectivity index (χ0n) is 9.98. The molecule has 0 bridgehead atoms. The summed E-state index contributed by atoms with van der Waals surface area (Å²) in [6, 6.07) is 13.0. The maximum atomic E-state index is 12.4. The molecule has 0 spiro atoms. The number of hydrogen-bond acceptors (Lipinski definition) is 4. The Labute approximate surface area is 109 Å². The van der Waals surface area contributed by atoms with Crippen LogP contribution in [-0.2, 0) is 0 Å². The smallest absolute Gasteiger partial charge is 0.211 e. The molecular weight excluding hydrogens is 244 g/mol. The molecule has 2 aromatic rings. The Morgan fingerprint density at radius 1 is 1.00 bits per heavy atom. The molecule has 0 fully saturated rings. The Morgan fingerprint density at radius 2 is 1.68 bits per heavy atom. The molecule has 0 saturated carbocycles. The van der Waals surface area contributed by atoms with Gasteiger partial charge in [0.2, 0.25) is 6.29 Å². The maximum absolute atomic E-state index is 12.4. The van der Waals surface area contributed by atoms with E-state index in [2.05, 4.69) is 0 Å². The second kappa shape index (κ2) is 4.40. The number of ether oxygens (including phenoxy) is 1. The fourth-order valence-corrected chi connectivity index (χ4v) is 2.27. The van der Waals surface area contributed by atoms with Crippen LogP contribution in [-0.4, -0.2) is 22.3 Å². The van der Waals surface area contributed by atoms with Crippen LogP contribution >= 0.6 is 0 Å². The van der Waals surface area contributed by atoms with Gasteiger partial charge in [-0.1, -0.05) is 24.3 Å². The van der Waals surface area contributed by atoms with Crippen LogP contribution < -0.4 is 4.74 Å². The highest BCUT2D eigenvalue weighted by Gasteiger charge is 2.37. The summed E-state index contributed by atoms with van der Waals surface area (Å²) in [7, 11) is 0. The largest absolute Gasteiger partial charge is 0.508 e. The highest BCUT2D eigenvalue weighted by atomic mass is 16.6. The standard InChI is InChI=1S/C15H12O4/c16-10-7-5-9(6-8-10)13-14(17)11-3-1-2-4-12(11)19-15(13)18/h1-8,13,15-16,18H. The molecule has 96 valence electrons. The summed E-state index contributed by atoms with van der Waals surface area (Å²) < 4.78 is 5.37. The molecule has 3 rings (SSSR count). The number of carbonyl (C=O) groups is 1. The van der Waals surface area contributed by atoms with Crippen LogP contribution in [0.5, 0.6) is 11.5 Å². The molecule has 1 heterocycles. The zero-order valence-corrected chi connectivity index (χ0v) is 9.98. The van der Waals surface area contributed by atoms with Crippen molar-refractivity contribution in [2.24, 2.45) is 0 Å². The Bertz CT molecular complexity index is 618. The molecule has 4 heteroatoms. The molecule has 1 aliphatic heterocycles. The Hall–Kier alpha value is -2.33. The molecule has 0 radical (unpaired) electrons. The van der Waals surface area contributed by atoms with Crippen molar-refractivity contribution in [3.63, 3.8) is 0 Å². The summed E-state index contributed by atoms with van der Waals surface area (Å²) in [5.41, 5.74) is 1.08. The van der Waals surface area contributed by atoms with Crippen molar-refractivity contribution in [1.29, 1.82) is 0 Å². The minimum Gasteiger partial charge on any atom is -0.508 e. The highest BCUT2D eigenvalue weighted by molar-refractivity contribution is 6.04. The van der Waals surface area contributed by atoms with E-state index >= 15 is 0 Å². The Balaban J connectivity index is 2.04. The van der Waals surface area contributed by atoms with Crippen molar-refractivity contribution in [2.75, 3.05) is 0 Å². The van der Waals surface area contributed by atoms with E-state index in [0.29, 0.717) is 16.9 Å². The SMILES string of the molecule is O=C1c2ccccc2OC(O)C1c1ccc(O)cc1. The van der Waals surface area contributed by atoms with Gasteiger partial charge in [0.05, 0.1) is 5.56 Å². The predicted octanol–water partition coefficient (Wildman–Crippen LogP) is 2.07. The lowest BCUT2D eigenvalue weighted by Gasteiger charge is -2.29. The first-order chi connectivity index (χ1) is 9.16. The van der Waals surface area contributed by atoms with Gasteiger partial charge in [0.15, 0.2) is 5.78 Å². The van der Waals surface area contributed by atoms with Gasteiger partial charge < -0.3 is 14.9 Å². The minimum atomic E-state index is -1.22. The van der Waals surface area contributed by atoms with Crippen LogP contribution in [0.1, 0.15) is 21.8 Å². The van der Waals surface area contributed by atoms with Gasteiger partial charge in [-0.15, -0.1) is 0 Å². The average Bonchev–Trinajstić information content (AvgIpc) is 2.41. The van der Waals surface area contributed by atoms with E-state index in [9.17, 15) is 15.0 Å². The molecule has 0 aliphatic carbocycles. The first-order valence-electron chi connectivity index (χ1n) is 5.94. The monoisotopic (exact) mass is 256 g/mol. The highest BCUT2D eigenvalue weighted by Crippen LogP contribution is 2.35. The lowest BCUT2D eigenvalue weighted by molar-refractivity contribution is -0.0385. The number of Topliss-reactive ketones (excluding diaryl/α,β-unsaturated/α-hetero) is 1. The number of aliphatic hydroxyl groups excluding tert-OH is 1. The number of hydrogen-bond donors (Lipinski definition) is 2. The fourth-order valence-electron chi connectivity index (χ4n) is 2.27. The second-order valence-corrected chi connectivity index (χ2v) is 4.44. The molecule has 0 amide bonds. The molecular formula is C15H12O4. The number of ketones is 1. The number of phenols is 1. The average molecular weight is 256 g/mol. The van der Waals surface area contributed by atoms with Gasteiger partial charge in [0.25, 0.3) is 0 Å². The summed E-state index contributed by atoms with van der Waals surface area (Å²) in [6.07, 6.45) is -1.22. The Morgan fingerprint density at radius 3 is 2.42 bits per heavy atom. The van der Waals surface area contributed by atoms with Crippen LogP contribution in [0.15, 0.2) is 48.5 Å². The van der Waals surface area contributed by atoms with Crippen molar-refractivity contribution in [3.8, 4) is 11.5 Å². The quantitative estimate of drug-likeness (QED) is 0.819. The van der Waals surface area contributed by atoms with Crippen LogP contribution in [0.3, 0.4) is 0 Å². The van der Waals surface area contributed by atoms with Gasteiger partial charge in [-0.2, -0.15) is 0 Å². The molecule has 2 N–H and O–H groups in total. The minimum absolute atomic E-state index is 0.114. The van der Waals surface area contributed by atoms with Crippen molar-refractivity contribution in [1.82, 2.24) is 0 Å². The topological polar surface area (TPSA) is 66.8 Å². The fraction of sp³-hybridized carbons (Fsp3) is 0.133. The third kappa shape index (κ3) is 1.96. The van der Waals surface area contributed by atoms with Crippen LogP contribution in [0.4, 0.5) is 0 Å². The zero-order chi connectivity index (χ0) is 13.4. The number of rotatable bonds is 1. The number of benzene rings is 2. The van der Waals surface area contributed by atoms with Crippen LogP contribution in [0, 0.1) is 0 Å². The third-order valence-corrected chi connectivity index (χ3v) is 3.22. The van der Waals surface area contributed by atoms with Gasteiger partial charge in [0.1, 0.15) is 17.4 Å². The summed E-state index contributed by atoms with van der Waals surface area (Å²) in [5.74, 6) is -0.437. The molecule has 2 atom stereocenters. The first-order valence-corrected chi connectivity index (χ1v) is 5.94. The molecule has 4 nitrogen and oxygen atoms in total. The normalized spacial score (nSPS) is 21.6. The number of carbonyl (C=O) groups excluding carboxylic acids is 1. The first kappa shape index (κ1) is 11.7. The van der Waals surface area contributed by atoms with E-state index in [1.165, 1.54) is 12.1 Å². The molecule has 0 aromatic heterocycles. The molecule has 2 aromatic carbocycles. The van der Waals surface area contributed by atoms with E-state index in [1.807, 2.05) is 0 Å². The number of para-hydroxylation sites is 1. The molecule has 1 aliphatic rings. The summed E-state index contributed by atoms with van der Waals surface area (Å²) in [5, 5.41) is 19.3. The van der Waals surface area contributed by atoms with Gasteiger partial charge in [0, 0.05) is 0 Å². The van der Waals surface area contributed by atoms with Gasteiger partial charge >= 0.3 is 0 Å². The predicted molar refractivity (Wildman–Crippen MR) is 68.3 cm³/mol. The number of aromatic hydroxyl groups is 1. The lowest BCUT2D eigenvalue weighted by atomic mass is 9.88. The van der Waals surface area contributed by atoms with E-state index < -0.39 is 12.2 Å². The van der Waals surface area contributed by atoms with E-state index in [-0.39, 0.29) is 11.5 Å².